The van der Waals surface area contributed by atoms with E-state index in [0.717, 1.165) is 17.5 Å². The summed E-state index contributed by atoms with van der Waals surface area (Å²) in [5.74, 6) is 1.01. The molecule has 30 heavy (non-hydrogen) atoms. The number of hydrogen-bond acceptors (Lipinski definition) is 5. The molecular weight excluding hydrogens is 400 g/mol. The number of anilines is 1. The lowest BCUT2D eigenvalue weighted by molar-refractivity contribution is 0.0735. The number of nitrogens with zero attached hydrogens (tertiary/aromatic N) is 1. The molecule has 1 aliphatic rings. The first kappa shape index (κ1) is 20.0. The van der Waals surface area contributed by atoms with Gasteiger partial charge in [-0.3, -0.25) is 9.59 Å². The molecule has 2 aromatic carbocycles. The van der Waals surface area contributed by atoms with Crippen LogP contribution in [0.5, 0.6) is 11.5 Å². The van der Waals surface area contributed by atoms with Crippen LogP contribution in [-0.2, 0) is 13.0 Å². The van der Waals surface area contributed by atoms with E-state index in [-0.39, 0.29) is 11.8 Å². The fraction of sp³-hybridized carbons (Fsp3) is 0.217. The number of nitrogens with one attached hydrogen (secondary N) is 1. The number of thiophene rings is 1. The van der Waals surface area contributed by atoms with Gasteiger partial charge in [-0.05, 0) is 53.3 Å². The van der Waals surface area contributed by atoms with Gasteiger partial charge in [0.2, 0.25) is 0 Å². The Morgan fingerprint density at radius 1 is 1.00 bits per heavy atom. The van der Waals surface area contributed by atoms with Gasteiger partial charge in [0.05, 0.1) is 30.3 Å². The van der Waals surface area contributed by atoms with Gasteiger partial charge in [0, 0.05) is 13.1 Å². The van der Waals surface area contributed by atoms with Crippen LogP contribution in [0.4, 0.5) is 5.69 Å². The van der Waals surface area contributed by atoms with Crippen molar-refractivity contribution in [3.05, 3.63) is 75.5 Å². The summed E-state index contributed by atoms with van der Waals surface area (Å²) in [5, 5.41) is 4.72. The topological polar surface area (TPSA) is 67.9 Å². The van der Waals surface area contributed by atoms with Crippen molar-refractivity contribution >= 4 is 28.8 Å². The molecule has 6 nitrogen and oxygen atoms in total. The van der Waals surface area contributed by atoms with Gasteiger partial charge in [-0.25, -0.2) is 0 Å². The first-order chi connectivity index (χ1) is 14.6. The van der Waals surface area contributed by atoms with E-state index in [2.05, 4.69) is 5.32 Å². The molecule has 0 atom stereocenters. The van der Waals surface area contributed by atoms with Gasteiger partial charge in [0.15, 0.2) is 11.5 Å². The van der Waals surface area contributed by atoms with Crippen molar-refractivity contribution in [1.29, 1.82) is 0 Å². The van der Waals surface area contributed by atoms with Crippen LogP contribution in [0.25, 0.3) is 0 Å². The number of hydrogen-bond donors (Lipinski definition) is 1. The number of fused-ring (bicyclic) bond motifs is 1. The highest BCUT2D eigenvalue weighted by Crippen LogP contribution is 2.34. The average Bonchev–Trinajstić information content (AvgIpc) is 3.33. The van der Waals surface area contributed by atoms with Gasteiger partial charge < -0.3 is 19.7 Å². The Balaban J connectivity index is 1.57. The first-order valence-electron chi connectivity index (χ1n) is 9.57. The summed E-state index contributed by atoms with van der Waals surface area (Å²) in [6, 6.07) is 14.6. The number of rotatable bonds is 5. The Hall–Kier alpha value is -3.32. The van der Waals surface area contributed by atoms with Crippen molar-refractivity contribution in [2.75, 3.05) is 26.1 Å². The molecule has 2 heterocycles. The predicted molar refractivity (Wildman–Crippen MR) is 117 cm³/mol. The molecule has 1 aromatic heterocycles. The highest BCUT2D eigenvalue weighted by molar-refractivity contribution is 7.12. The maximum absolute atomic E-state index is 13.3. The smallest absolute Gasteiger partial charge is 0.265 e. The molecule has 1 N–H and O–H groups in total. The van der Waals surface area contributed by atoms with Crippen molar-refractivity contribution in [2.45, 2.75) is 13.0 Å². The van der Waals surface area contributed by atoms with Crippen LogP contribution >= 0.6 is 11.3 Å². The summed E-state index contributed by atoms with van der Waals surface area (Å²) in [6.45, 7) is 1.07. The maximum atomic E-state index is 13.3. The van der Waals surface area contributed by atoms with E-state index in [4.69, 9.17) is 9.47 Å². The van der Waals surface area contributed by atoms with E-state index in [1.165, 1.54) is 11.3 Å². The van der Waals surface area contributed by atoms with Crippen molar-refractivity contribution in [2.24, 2.45) is 0 Å². The number of carbonyl (C=O) groups excluding carboxylic acids is 2. The second kappa shape index (κ2) is 8.59. The lowest BCUT2D eigenvalue weighted by atomic mass is 9.98. The molecule has 0 bridgehead atoms. The predicted octanol–water partition coefficient (Wildman–Crippen LogP) is 4.22. The minimum absolute atomic E-state index is 0.113. The van der Waals surface area contributed by atoms with Crippen molar-refractivity contribution < 1.29 is 19.1 Å². The minimum atomic E-state index is -0.217. The third kappa shape index (κ3) is 3.89. The van der Waals surface area contributed by atoms with Crippen molar-refractivity contribution in [1.82, 2.24) is 4.90 Å². The van der Waals surface area contributed by atoms with Crippen LogP contribution in [0.15, 0.2) is 53.9 Å². The van der Waals surface area contributed by atoms with Crippen LogP contribution in [-0.4, -0.2) is 37.5 Å². The Bertz CT molecular complexity index is 1080. The Kier molecular flexibility index (Phi) is 5.72. The summed E-state index contributed by atoms with van der Waals surface area (Å²) in [6.07, 6.45) is 0.727. The highest BCUT2D eigenvalue weighted by Gasteiger charge is 2.25. The van der Waals surface area contributed by atoms with E-state index in [1.807, 2.05) is 29.6 Å². The van der Waals surface area contributed by atoms with Gasteiger partial charge in [-0.15, -0.1) is 11.3 Å². The molecule has 0 saturated heterocycles. The fourth-order valence-corrected chi connectivity index (χ4v) is 4.22. The van der Waals surface area contributed by atoms with E-state index in [9.17, 15) is 9.59 Å². The molecule has 4 rings (SSSR count). The SMILES string of the molecule is COc1cc2c(cc1OC)CN(C(=O)c1ccccc1NC(=O)c1cccs1)CC2. The molecule has 7 heteroatoms. The summed E-state index contributed by atoms with van der Waals surface area (Å²) < 4.78 is 10.8. The molecule has 2 amide bonds. The summed E-state index contributed by atoms with van der Waals surface area (Å²) in [4.78, 5) is 28.2. The lowest BCUT2D eigenvalue weighted by Crippen LogP contribution is -2.36. The van der Waals surface area contributed by atoms with Crippen LogP contribution in [0.3, 0.4) is 0 Å². The van der Waals surface area contributed by atoms with Gasteiger partial charge in [-0.1, -0.05) is 18.2 Å². The third-order valence-electron chi connectivity index (χ3n) is 5.16. The van der Waals surface area contributed by atoms with Gasteiger partial charge in [0.1, 0.15) is 0 Å². The Morgan fingerprint density at radius 3 is 2.43 bits per heavy atom. The van der Waals surface area contributed by atoms with Gasteiger partial charge in [-0.2, -0.15) is 0 Å². The summed E-state index contributed by atoms with van der Waals surface area (Å²) >= 11 is 1.36. The lowest BCUT2D eigenvalue weighted by Gasteiger charge is -2.30. The Morgan fingerprint density at radius 2 is 1.73 bits per heavy atom. The number of carbonyl (C=O) groups is 2. The van der Waals surface area contributed by atoms with Crippen molar-refractivity contribution in [3.8, 4) is 11.5 Å². The quantitative estimate of drug-likeness (QED) is 0.669. The highest BCUT2D eigenvalue weighted by atomic mass is 32.1. The minimum Gasteiger partial charge on any atom is -0.493 e. The van der Waals surface area contributed by atoms with Crippen LogP contribution in [0.2, 0.25) is 0 Å². The zero-order valence-electron chi connectivity index (χ0n) is 16.8. The number of methoxy groups -OCH3 is 2. The van der Waals surface area contributed by atoms with Crippen molar-refractivity contribution in [3.63, 3.8) is 0 Å². The largest absolute Gasteiger partial charge is 0.493 e. The van der Waals surface area contributed by atoms with Crippen LogP contribution in [0, 0.1) is 0 Å². The average molecular weight is 423 g/mol. The second-order valence-electron chi connectivity index (χ2n) is 6.93. The third-order valence-corrected chi connectivity index (χ3v) is 6.02. The molecule has 3 aromatic rings. The zero-order valence-corrected chi connectivity index (χ0v) is 17.6. The molecular formula is C23H22N2O4S. The molecule has 0 spiro atoms. The first-order valence-corrected chi connectivity index (χ1v) is 10.5. The van der Waals surface area contributed by atoms with Gasteiger partial charge in [0.25, 0.3) is 11.8 Å². The van der Waals surface area contributed by atoms with E-state index in [0.29, 0.717) is 40.7 Å². The number of amides is 2. The summed E-state index contributed by atoms with van der Waals surface area (Å²) in [5.41, 5.74) is 3.17. The molecule has 1 aliphatic heterocycles. The van der Waals surface area contributed by atoms with Crippen LogP contribution in [0.1, 0.15) is 31.2 Å². The maximum Gasteiger partial charge on any atom is 0.265 e. The molecule has 0 saturated carbocycles. The number of benzene rings is 2. The molecule has 0 unspecified atom stereocenters. The molecule has 0 aliphatic carbocycles. The molecule has 0 fully saturated rings. The summed E-state index contributed by atoms with van der Waals surface area (Å²) in [7, 11) is 3.22. The monoisotopic (exact) mass is 422 g/mol. The van der Waals surface area contributed by atoms with Crippen LogP contribution < -0.4 is 14.8 Å². The number of ether oxygens (including phenoxy) is 2. The second-order valence-corrected chi connectivity index (χ2v) is 7.88. The Labute approximate surface area is 179 Å². The van der Waals surface area contributed by atoms with E-state index in [1.54, 1.807) is 43.4 Å². The zero-order chi connectivity index (χ0) is 21.1. The van der Waals surface area contributed by atoms with E-state index < -0.39 is 0 Å². The molecule has 154 valence electrons. The van der Waals surface area contributed by atoms with Gasteiger partial charge >= 0.3 is 0 Å². The normalized spacial score (nSPS) is 12.8. The van der Waals surface area contributed by atoms with E-state index >= 15 is 0 Å². The number of para-hydroxylation sites is 1. The fourth-order valence-electron chi connectivity index (χ4n) is 3.60. The molecule has 0 radical (unpaired) electrons. The standard InChI is InChI=1S/C23H22N2O4S/c1-28-19-12-15-9-10-25(14-16(15)13-20(19)29-2)23(27)17-6-3-4-7-18(17)24-22(26)21-8-5-11-30-21/h3-8,11-13H,9-10,14H2,1-2H3,(H,24,26).